The van der Waals surface area contributed by atoms with Gasteiger partial charge in [0.05, 0.1) is 18.1 Å². The van der Waals surface area contributed by atoms with Gasteiger partial charge in [-0.2, -0.15) is 0 Å². The van der Waals surface area contributed by atoms with E-state index in [0.717, 1.165) is 11.1 Å². The minimum Gasteiger partial charge on any atom is -0.496 e. The molecule has 0 radical (unpaired) electrons. The fourth-order valence-corrected chi connectivity index (χ4v) is 2.24. The van der Waals surface area contributed by atoms with E-state index < -0.39 is 4.92 Å². The fourth-order valence-electron chi connectivity index (χ4n) is 2.24. The molecule has 0 bridgehead atoms. The zero-order valence-electron chi connectivity index (χ0n) is 13.8. The molecule has 0 N–H and O–H groups in total. The SMILES string of the molecule is COc1ccc(OCc2coc(-c3ccc(C)cc3)n2)c([N+](=O)[O-])c1. The number of methoxy groups -OCH3 is 1. The van der Waals surface area contributed by atoms with Crippen molar-refractivity contribution in [2.24, 2.45) is 0 Å². The topological polar surface area (TPSA) is 87.6 Å². The van der Waals surface area contributed by atoms with Gasteiger partial charge in [0.1, 0.15) is 24.3 Å². The van der Waals surface area contributed by atoms with Crippen LogP contribution in [0.3, 0.4) is 0 Å². The zero-order valence-corrected chi connectivity index (χ0v) is 13.8. The van der Waals surface area contributed by atoms with Crippen molar-refractivity contribution in [1.29, 1.82) is 0 Å². The third-order valence-corrected chi connectivity index (χ3v) is 3.59. The standard InChI is InChI=1S/C18H16N2O5/c1-12-3-5-13(6-4-12)18-19-14(11-25-18)10-24-17-8-7-15(23-2)9-16(17)20(21)22/h3-9,11H,10H2,1-2H3. The summed E-state index contributed by atoms with van der Waals surface area (Å²) in [5, 5.41) is 11.2. The lowest BCUT2D eigenvalue weighted by Gasteiger charge is -2.06. The van der Waals surface area contributed by atoms with Crippen LogP contribution < -0.4 is 9.47 Å². The number of hydrogen-bond acceptors (Lipinski definition) is 6. The molecule has 2 aromatic carbocycles. The largest absolute Gasteiger partial charge is 0.496 e. The molecule has 0 aliphatic heterocycles. The van der Waals surface area contributed by atoms with Crippen molar-refractivity contribution >= 4 is 5.69 Å². The molecule has 0 saturated heterocycles. The second-order valence-electron chi connectivity index (χ2n) is 5.39. The first-order chi connectivity index (χ1) is 12.1. The highest BCUT2D eigenvalue weighted by Crippen LogP contribution is 2.31. The lowest BCUT2D eigenvalue weighted by atomic mass is 10.1. The maximum absolute atomic E-state index is 11.2. The van der Waals surface area contributed by atoms with Crippen molar-refractivity contribution in [2.45, 2.75) is 13.5 Å². The van der Waals surface area contributed by atoms with Gasteiger partial charge in [0, 0.05) is 5.56 Å². The summed E-state index contributed by atoms with van der Waals surface area (Å²) < 4.78 is 16.0. The van der Waals surface area contributed by atoms with Gasteiger partial charge in [-0.1, -0.05) is 17.7 Å². The molecule has 7 nitrogen and oxygen atoms in total. The summed E-state index contributed by atoms with van der Waals surface area (Å²) in [6.07, 6.45) is 1.48. The molecule has 0 spiro atoms. The van der Waals surface area contributed by atoms with Crippen LogP contribution in [0.1, 0.15) is 11.3 Å². The highest BCUT2D eigenvalue weighted by molar-refractivity contribution is 5.54. The minimum atomic E-state index is -0.515. The van der Waals surface area contributed by atoms with Gasteiger partial charge in [-0.3, -0.25) is 10.1 Å². The van der Waals surface area contributed by atoms with Crippen LogP contribution in [0.2, 0.25) is 0 Å². The Kier molecular flexibility index (Phi) is 4.65. The Hall–Kier alpha value is -3.35. The first kappa shape index (κ1) is 16.5. The molecule has 0 amide bonds. The van der Waals surface area contributed by atoms with Gasteiger partial charge in [0.25, 0.3) is 0 Å². The summed E-state index contributed by atoms with van der Waals surface area (Å²) in [5.74, 6) is 1.01. The second-order valence-corrected chi connectivity index (χ2v) is 5.39. The molecule has 0 atom stereocenters. The van der Waals surface area contributed by atoms with Gasteiger partial charge in [-0.05, 0) is 31.2 Å². The van der Waals surface area contributed by atoms with E-state index in [0.29, 0.717) is 17.3 Å². The molecule has 0 aliphatic carbocycles. The lowest BCUT2D eigenvalue weighted by Crippen LogP contribution is -2.00. The van der Waals surface area contributed by atoms with E-state index in [2.05, 4.69) is 4.98 Å². The number of oxazole rings is 1. The van der Waals surface area contributed by atoms with E-state index in [1.807, 2.05) is 31.2 Å². The highest BCUT2D eigenvalue weighted by atomic mass is 16.6. The maximum atomic E-state index is 11.2. The van der Waals surface area contributed by atoms with E-state index in [1.54, 1.807) is 6.07 Å². The Labute approximate surface area is 144 Å². The molecule has 128 valence electrons. The Morgan fingerprint density at radius 3 is 2.64 bits per heavy atom. The van der Waals surface area contributed by atoms with Crippen molar-refractivity contribution in [1.82, 2.24) is 4.98 Å². The van der Waals surface area contributed by atoms with Crippen LogP contribution in [0.25, 0.3) is 11.5 Å². The third-order valence-electron chi connectivity index (χ3n) is 3.59. The zero-order chi connectivity index (χ0) is 17.8. The fraction of sp³-hybridized carbons (Fsp3) is 0.167. The van der Waals surface area contributed by atoms with E-state index in [9.17, 15) is 10.1 Å². The van der Waals surface area contributed by atoms with Crippen molar-refractivity contribution in [2.75, 3.05) is 7.11 Å². The number of aryl methyl sites for hydroxylation is 1. The normalized spacial score (nSPS) is 10.5. The van der Waals surface area contributed by atoms with Crippen molar-refractivity contribution in [3.05, 3.63) is 70.1 Å². The molecule has 3 aromatic rings. The molecular formula is C18H16N2O5. The molecule has 0 aliphatic rings. The lowest BCUT2D eigenvalue weighted by molar-refractivity contribution is -0.386. The highest BCUT2D eigenvalue weighted by Gasteiger charge is 2.17. The number of rotatable bonds is 6. The Bertz CT molecular complexity index is 887. The van der Waals surface area contributed by atoms with Crippen molar-refractivity contribution < 1.29 is 18.8 Å². The van der Waals surface area contributed by atoms with E-state index >= 15 is 0 Å². The van der Waals surface area contributed by atoms with Crippen LogP contribution in [-0.2, 0) is 6.61 Å². The number of nitrogens with zero attached hydrogens (tertiary/aromatic N) is 2. The molecule has 1 aromatic heterocycles. The predicted molar refractivity (Wildman–Crippen MR) is 90.7 cm³/mol. The van der Waals surface area contributed by atoms with Gasteiger partial charge in [-0.15, -0.1) is 0 Å². The van der Waals surface area contributed by atoms with Gasteiger partial charge >= 0.3 is 5.69 Å². The van der Waals surface area contributed by atoms with Crippen LogP contribution in [0.4, 0.5) is 5.69 Å². The monoisotopic (exact) mass is 340 g/mol. The molecule has 0 fully saturated rings. The van der Waals surface area contributed by atoms with Crippen LogP contribution in [0.15, 0.2) is 53.1 Å². The minimum absolute atomic E-state index is 0.0581. The summed E-state index contributed by atoms with van der Waals surface area (Å²) in [6.45, 7) is 2.06. The number of ether oxygens (including phenoxy) is 2. The summed E-state index contributed by atoms with van der Waals surface area (Å²) in [7, 11) is 1.45. The molecule has 1 heterocycles. The molecule has 25 heavy (non-hydrogen) atoms. The number of nitro benzene ring substituents is 1. The van der Waals surface area contributed by atoms with Crippen molar-refractivity contribution in [3.63, 3.8) is 0 Å². The first-order valence-corrected chi connectivity index (χ1v) is 7.53. The Balaban J connectivity index is 1.74. The van der Waals surface area contributed by atoms with Crippen molar-refractivity contribution in [3.8, 4) is 23.0 Å². The average Bonchev–Trinajstić information content (AvgIpc) is 3.09. The summed E-state index contributed by atoms with van der Waals surface area (Å²) in [6, 6.07) is 12.2. The molecule has 7 heteroatoms. The van der Waals surface area contributed by atoms with E-state index in [4.69, 9.17) is 13.9 Å². The molecule has 3 rings (SSSR count). The number of hydrogen-bond donors (Lipinski definition) is 0. The maximum Gasteiger partial charge on any atom is 0.314 e. The number of benzene rings is 2. The van der Waals surface area contributed by atoms with Gasteiger partial charge in [0.15, 0.2) is 5.75 Å². The van der Waals surface area contributed by atoms with Crippen LogP contribution in [0, 0.1) is 17.0 Å². The molecular weight excluding hydrogens is 324 g/mol. The number of aromatic nitrogens is 1. The van der Waals surface area contributed by atoms with E-state index in [1.165, 1.54) is 25.5 Å². The summed E-state index contributed by atoms with van der Waals surface area (Å²) in [4.78, 5) is 15.0. The van der Waals surface area contributed by atoms with Crippen LogP contribution in [0.5, 0.6) is 11.5 Å². The second kappa shape index (κ2) is 7.04. The van der Waals surface area contributed by atoms with Gasteiger partial charge in [0.2, 0.25) is 5.89 Å². The summed E-state index contributed by atoms with van der Waals surface area (Å²) in [5.41, 5.74) is 2.38. The molecule has 0 saturated carbocycles. The molecule has 0 unspecified atom stereocenters. The van der Waals surface area contributed by atoms with E-state index in [-0.39, 0.29) is 18.0 Å². The average molecular weight is 340 g/mol. The summed E-state index contributed by atoms with van der Waals surface area (Å²) >= 11 is 0. The first-order valence-electron chi connectivity index (χ1n) is 7.53. The van der Waals surface area contributed by atoms with Crippen LogP contribution in [-0.4, -0.2) is 17.0 Å². The number of nitro groups is 1. The van der Waals surface area contributed by atoms with Crippen LogP contribution >= 0.6 is 0 Å². The quantitative estimate of drug-likeness (QED) is 0.495. The van der Waals surface area contributed by atoms with Gasteiger partial charge in [-0.25, -0.2) is 4.98 Å². The Morgan fingerprint density at radius 2 is 1.96 bits per heavy atom. The predicted octanol–water partition coefficient (Wildman–Crippen LogP) is 4.15. The third kappa shape index (κ3) is 3.77. The smallest absolute Gasteiger partial charge is 0.314 e. The Morgan fingerprint density at radius 1 is 1.20 bits per heavy atom. The van der Waals surface area contributed by atoms with Gasteiger partial charge < -0.3 is 13.9 Å².